The van der Waals surface area contributed by atoms with Crippen LogP contribution in [-0.2, 0) is 0 Å². The van der Waals surface area contributed by atoms with Crippen LogP contribution in [0.2, 0.25) is 0 Å². The Labute approximate surface area is 160 Å². The van der Waals surface area contributed by atoms with Gasteiger partial charge in [-0.3, -0.25) is 0 Å². The maximum absolute atomic E-state index is 13.4. The molecule has 0 amide bonds. The van der Waals surface area contributed by atoms with Gasteiger partial charge in [-0.2, -0.15) is 0 Å². The van der Waals surface area contributed by atoms with Crippen LogP contribution in [0.4, 0.5) is 0 Å². The summed E-state index contributed by atoms with van der Waals surface area (Å²) in [7, 11) is 0. The van der Waals surface area contributed by atoms with E-state index < -0.39 is 23.0 Å². The van der Waals surface area contributed by atoms with Crippen molar-refractivity contribution in [3.8, 4) is 17.2 Å². The van der Waals surface area contributed by atoms with E-state index >= 15 is 0 Å². The van der Waals surface area contributed by atoms with Crippen molar-refractivity contribution in [2.75, 3.05) is 0 Å². The van der Waals surface area contributed by atoms with Crippen LogP contribution in [0.25, 0.3) is 11.9 Å². The summed E-state index contributed by atoms with van der Waals surface area (Å²) in [6, 6.07) is 13.3. The van der Waals surface area contributed by atoms with Gasteiger partial charge in [0.05, 0.1) is 11.7 Å². The van der Waals surface area contributed by atoms with Crippen molar-refractivity contribution in [2.45, 2.75) is 25.5 Å². The molecule has 2 aromatic carbocycles. The minimum Gasteiger partial charge on any atom is -0.508 e. The summed E-state index contributed by atoms with van der Waals surface area (Å²) in [5, 5.41) is 9.88. The molecule has 0 radical (unpaired) electrons. The quantitative estimate of drug-likeness (QED) is 0.706. The summed E-state index contributed by atoms with van der Waals surface area (Å²) in [5.74, 6) is 0.444. The van der Waals surface area contributed by atoms with Crippen LogP contribution in [0, 0.1) is 5.92 Å². The monoisotopic (exact) mass is 377 g/mol. The molecule has 7 nitrogen and oxygen atoms in total. The first-order chi connectivity index (χ1) is 13.4. The Balaban J connectivity index is 1.81. The molecule has 1 aromatic heterocycles. The molecule has 1 N–H and O–H groups in total. The van der Waals surface area contributed by atoms with E-state index in [0.29, 0.717) is 11.4 Å². The second-order valence-electron chi connectivity index (χ2n) is 7.67. The SMILES string of the molecule is CC1(C)Oc2cc(O)ccc2C2C1C=Cn1c(=O)n(-c3ccccc3)c(=O)n12. The van der Waals surface area contributed by atoms with Gasteiger partial charge in [-0.05, 0) is 38.1 Å². The number of ether oxygens (including phenoxy) is 1. The molecule has 28 heavy (non-hydrogen) atoms. The number of aromatic hydroxyl groups is 1. The first-order valence-electron chi connectivity index (χ1n) is 9.10. The molecular weight excluding hydrogens is 358 g/mol. The van der Waals surface area contributed by atoms with Gasteiger partial charge in [-0.25, -0.2) is 23.5 Å². The van der Waals surface area contributed by atoms with Crippen molar-refractivity contribution in [3.05, 3.63) is 81.1 Å². The zero-order valence-corrected chi connectivity index (χ0v) is 15.4. The summed E-state index contributed by atoms with van der Waals surface area (Å²) >= 11 is 0. The number of phenolic OH excluding ortho intramolecular Hbond substituents is 1. The van der Waals surface area contributed by atoms with Crippen molar-refractivity contribution in [1.29, 1.82) is 0 Å². The third-order valence-corrected chi connectivity index (χ3v) is 5.55. The average molecular weight is 377 g/mol. The number of nitrogens with zero attached hydrogens (tertiary/aromatic N) is 3. The molecule has 142 valence electrons. The number of aromatic nitrogens is 3. The number of benzene rings is 2. The van der Waals surface area contributed by atoms with E-state index in [0.717, 1.165) is 5.56 Å². The Hall–Kier alpha value is -3.48. The van der Waals surface area contributed by atoms with Gasteiger partial charge in [-0.15, -0.1) is 0 Å². The predicted octanol–water partition coefficient (Wildman–Crippen LogP) is 2.37. The third kappa shape index (κ3) is 2.16. The number of hydrogen-bond donors (Lipinski definition) is 1. The first kappa shape index (κ1) is 16.7. The molecule has 3 aromatic rings. The molecule has 2 unspecified atom stereocenters. The van der Waals surface area contributed by atoms with E-state index in [1.807, 2.05) is 26.0 Å². The van der Waals surface area contributed by atoms with Crippen LogP contribution in [-0.4, -0.2) is 24.6 Å². The fourth-order valence-electron chi connectivity index (χ4n) is 4.23. The minimum atomic E-state index is -0.627. The maximum Gasteiger partial charge on any atom is 0.356 e. The summed E-state index contributed by atoms with van der Waals surface area (Å²) in [5.41, 5.74) is -0.179. The van der Waals surface area contributed by atoms with E-state index in [4.69, 9.17) is 4.74 Å². The highest BCUT2D eigenvalue weighted by molar-refractivity contribution is 5.47. The number of phenols is 1. The molecule has 0 spiro atoms. The summed E-state index contributed by atoms with van der Waals surface area (Å²) in [6.45, 7) is 3.88. The molecule has 3 heterocycles. The highest BCUT2D eigenvalue weighted by atomic mass is 16.5. The minimum absolute atomic E-state index is 0.0888. The summed E-state index contributed by atoms with van der Waals surface area (Å²) in [6.07, 6.45) is 3.55. The van der Waals surface area contributed by atoms with Crippen LogP contribution >= 0.6 is 0 Å². The Kier molecular flexibility index (Phi) is 3.28. The van der Waals surface area contributed by atoms with Crippen molar-refractivity contribution in [1.82, 2.24) is 13.9 Å². The van der Waals surface area contributed by atoms with Gasteiger partial charge in [-0.1, -0.05) is 24.3 Å². The molecule has 2 atom stereocenters. The molecule has 7 heteroatoms. The van der Waals surface area contributed by atoms with E-state index in [1.54, 1.807) is 48.7 Å². The largest absolute Gasteiger partial charge is 0.508 e. The average Bonchev–Trinajstić information content (AvgIpc) is 2.92. The zero-order chi connectivity index (χ0) is 19.6. The van der Waals surface area contributed by atoms with Gasteiger partial charge in [0.15, 0.2) is 0 Å². The van der Waals surface area contributed by atoms with Crippen molar-refractivity contribution in [3.63, 3.8) is 0 Å². The molecule has 2 aliphatic heterocycles. The number of para-hydroxylation sites is 1. The molecule has 0 saturated heterocycles. The molecule has 0 bridgehead atoms. The number of fused-ring (bicyclic) bond motifs is 5. The van der Waals surface area contributed by atoms with Crippen LogP contribution in [0.5, 0.6) is 11.5 Å². The lowest BCUT2D eigenvalue weighted by atomic mass is 9.78. The fraction of sp³-hybridized carbons (Fsp3) is 0.238. The molecule has 0 saturated carbocycles. The second-order valence-corrected chi connectivity index (χ2v) is 7.67. The van der Waals surface area contributed by atoms with E-state index in [9.17, 15) is 14.7 Å². The van der Waals surface area contributed by atoms with Crippen LogP contribution in [0.3, 0.4) is 0 Å². The van der Waals surface area contributed by atoms with Crippen molar-refractivity contribution < 1.29 is 9.84 Å². The summed E-state index contributed by atoms with van der Waals surface area (Å²) < 4.78 is 10.1. The normalized spacial score (nSPS) is 21.4. The Morgan fingerprint density at radius 3 is 2.54 bits per heavy atom. The van der Waals surface area contributed by atoms with Gasteiger partial charge in [0.25, 0.3) is 0 Å². The van der Waals surface area contributed by atoms with Gasteiger partial charge in [0.2, 0.25) is 0 Å². The lowest BCUT2D eigenvalue weighted by Gasteiger charge is -2.45. The van der Waals surface area contributed by atoms with Crippen molar-refractivity contribution in [2.24, 2.45) is 5.92 Å². The van der Waals surface area contributed by atoms with Crippen LogP contribution < -0.4 is 16.1 Å². The smallest absolute Gasteiger partial charge is 0.356 e. The zero-order valence-electron chi connectivity index (χ0n) is 15.4. The highest BCUT2D eigenvalue weighted by Crippen LogP contribution is 2.47. The Morgan fingerprint density at radius 1 is 1.04 bits per heavy atom. The number of hydrogen-bond acceptors (Lipinski definition) is 4. The maximum atomic E-state index is 13.4. The Morgan fingerprint density at radius 2 is 1.79 bits per heavy atom. The number of rotatable bonds is 1. The van der Waals surface area contributed by atoms with Crippen LogP contribution in [0.1, 0.15) is 25.5 Å². The molecule has 2 aliphatic rings. The fourth-order valence-corrected chi connectivity index (χ4v) is 4.23. The lowest BCUT2D eigenvalue weighted by molar-refractivity contribution is 0.0197. The van der Waals surface area contributed by atoms with Gasteiger partial charge >= 0.3 is 11.4 Å². The van der Waals surface area contributed by atoms with Gasteiger partial charge in [0, 0.05) is 23.7 Å². The predicted molar refractivity (Wildman–Crippen MR) is 104 cm³/mol. The van der Waals surface area contributed by atoms with Crippen LogP contribution in [0.15, 0.2) is 64.2 Å². The first-order valence-corrected chi connectivity index (χ1v) is 9.10. The summed E-state index contributed by atoms with van der Waals surface area (Å²) in [4.78, 5) is 26.4. The standard InChI is InChI=1S/C21H19N3O4/c1-21(2)16-10-11-22-19(26)23(13-6-4-3-5-7-13)20(27)24(22)18(16)15-9-8-14(25)12-17(15)28-21/h3-12,16,18,25H,1-2H3. The lowest BCUT2D eigenvalue weighted by Crippen LogP contribution is -2.50. The second kappa shape index (κ2) is 5.51. The van der Waals surface area contributed by atoms with E-state index in [2.05, 4.69) is 0 Å². The van der Waals surface area contributed by atoms with E-state index in [1.165, 1.54) is 13.9 Å². The van der Waals surface area contributed by atoms with E-state index in [-0.39, 0.29) is 11.7 Å². The highest BCUT2D eigenvalue weighted by Gasteiger charge is 2.47. The topological polar surface area (TPSA) is 78.4 Å². The molecule has 0 fully saturated rings. The molecule has 0 aliphatic carbocycles. The molecule has 5 rings (SSSR count). The van der Waals surface area contributed by atoms with Gasteiger partial charge in [0.1, 0.15) is 17.1 Å². The molecular formula is C21H19N3O4. The third-order valence-electron chi connectivity index (χ3n) is 5.55. The Bertz CT molecular complexity index is 1230. The van der Waals surface area contributed by atoms with Crippen molar-refractivity contribution >= 4 is 6.20 Å². The van der Waals surface area contributed by atoms with Gasteiger partial charge < -0.3 is 9.84 Å².